The quantitative estimate of drug-likeness (QED) is 0.334. The number of hydrogen-bond donors (Lipinski definition) is 2. The summed E-state index contributed by atoms with van der Waals surface area (Å²) >= 11 is 0. The zero-order valence-electron chi connectivity index (χ0n) is 15.4. The maximum absolute atomic E-state index is 11.5. The van der Waals surface area contributed by atoms with E-state index in [4.69, 9.17) is 9.73 Å². The van der Waals surface area contributed by atoms with E-state index in [-0.39, 0.29) is 24.0 Å². The molecular weight excluding hydrogens is 455 g/mol. The number of aliphatic imine (C=N–C) groups is 1. The molecule has 2 heterocycles. The van der Waals surface area contributed by atoms with Gasteiger partial charge in [-0.25, -0.2) is 12.7 Å². The van der Waals surface area contributed by atoms with Crippen molar-refractivity contribution in [2.45, 2.75) is 32.6 Å². The highest BCUT2D eigenvalue weighted by atomic mass is 127. The smallest absolute Gasteiger partial charge is 0.211 e. The lowest BCUT2D eigenvalue weighted by Crippen LogP contribution is -2.42. The van der Waals surface area contributed by atoms with Gasteiger partial charge in [-0.1, -0.05) is 0 Å². The van der Waals surface area contributed by atoms with Crippen LogP contribution >= 0.6 is 24.0 Å². The Labute approximate surface area is 169 Å². The maximum Gasteiger partial charge on any atom is 0.211 e. The number of guanidine groups is 1. The minimum Gasteiger partial charge on any atom is -0.381 e. The monoisotopic (exact) mass is 488 g/mol. The van der Waals surface area contributed by atoms with E-state index in [2.05, 4.69) is 17.6 Å². The molecule has 0 aromatic heterocycles. The van der Waals surface area contributed by atoms with Gasteiger partial charge in [0.05, 0.1) is 6.26 Å². The van der Waals surface area contributed by atoms with E-state index in [0.717, 1.165) is 64.5 Å². The summed E-state index contributed by atoms with van der Waals surface area (Å²) in [5.74, 6) is 1.98. The molecular formula is C16H33IN4O3S. The first kappa shape index (κ1) is 22.9. The van der Waals surface area contributed by atoms with Gasteiger partial charge in [0.2, 0.25) is 10.0 Å². The molecule has 9 heteroatoms. The second-order valence-electron chi connectivity index (χ2n) is 6.76. The van der Waals surface area contributed by atoms with Crippen LogP contribution in [0.25, 0.3) is 0 Å². The molecule has 2 saturated heterocycles. The predicted molar refractivity (Wildman–Crippen MR) is 112 cm³/mol. The van der Waals surface area contributed by atoms with Crippen molar-refractivity contribution < 1.29 is 13.2 Å². The van der Waals surface area contributed by atoms with Crippen LogP contribution in [0.5, 0.6) is 0 Å². The van der Waals surface area contributed by atoms with E-state index in [0.29, 0.717) is 24.9 Å². The first-order valence-electron chi connectivity index (χ1n) is 9.04. The van der Waals surface area contributed by atoms with E-state index in [1.54, 1.807) is 4.31 Å². The number of sulfonamides is 1. The van der Waals surface area contributed by atoms with Crippen LogP contribution in [0.1, 0.15) is 32.6 Å². The third kappa shape index (κ3) is 8.40. The molecule has 0 aromatic carbocycles. The number of rotatable bonds is 6. The highest BCUT2D eigenvalue weighted by molar-refractivity contribution is 14.0. The Kier molecular flexibility index (Phi) is 10.6. The Hall–Kier alpha value is -0.130. The number of halogens is 1. The van der Waals surface area contributed by atoms with Crippen molar-refractivity contribution >= 4 is 40.0 Å². The molecule has 2 rings (SSSR count). The lowest BCUT2D eigenvalue weighted by molar-refractivity contribution is 0.0675. The van der Waals surface area contributed by atoms with E-state index < -0.39 is 10.0 Å². The van der Waals surface area contributed by atoms with Gasteiger partial charge >= 0.3 is 0 Å². The van der Waals surface area contributed by atoms with Crippen molar-refractivity contribution in [1.82, 2.24) is 14.9 Å². The summed E-state index contributed by atoms with van der Waals surface area (Å²) in [4.78, 5) is 4.70. The van der Waals surface area contributed by atoms with Gasteiger partial charge in [-0.05, 0) is 44.4 Å². The van der Waals surface area contributed by atoms with Gasteiger partial charge < -0.3 is 15.4 Å². The number of ether oxygens (including phenoxy) is 1. The molecule has 0 radical (unpaired) electrons. The summed E-state index contributed by atoms with van der Waals surface area (Å²) in [7, 11) is -3.05. The molecule has 0 saturated carbocycles. The Morgan fingerprint density at radius 3 is 2.32 bits per heavy atom. The van der Waals surface area contributed by atoms with Crippen LogP contribution in [0.3, 0.4) is 0 Å². The Bertz CT molecular complexity index is 502. The number of piperidine rings is 1. The van der Waals surface area contributed by atoms with E-state index in [1.165, 1.54) is 6.26 Å². The maximum atomic E-state index is 11.5. The standard InChI is InChI=1S/C16H32N4O3S.HI/c1-3-17-16(19-13-15-6-10-23-11-7-15)18-12-14-4-8-20(9-5-14)24(2,21)22;/h14-15H,3-13H2,1-2H3,(H2,17,18,19);1H. The summed E-state index contributed by atoms with van der Waals surface area (Å²) in [5.41, 5.74) is 0. The normalized spacial score (nSPS) is 21.6. The third-order valence-corrected chi connectivity index (χ3v) is 6.10. The molecule has 148 valence electrons. The van der Waals surface area contributed by atoms with E-state index in [9.17, 15) is 8.42 Å². The van der Waals surface area contributed by atoms with Crippen LogP contribution in [-0.2, 0) is 14.8 Å². The van der Waals surface area contributed by atoms with Crippen molar-refractivity contribution in [2.75, 3.05) is 52.2 Å². The van der Waals surface area contributed by atoms with E-state index in [1.807, 2.05) is 0 Å². The first-order valence-corrected chi connectivity index (χ1v) is 10.9. The molecule has 0 amide bonds. The van der Waals surface area contributed by atoms with Crippen LogP contribution in [0.2, 0.25) is 0 Å². The molecule has 0 aliphatic carbocycles. The van der Waals surface area contributed by atoms with Gasteiger partial charge in [-0.3, -0.25) is 4.99 Å². The Morgan fingerprint density at radius 1 is 1.12 bits per heavy atom. The number of hydrogen-bond acceptors (Lipinski definition) is 4. The third-order valence-electron chi connectivity index (χ3n) is 4.79. The summed E-state index contributed by atoms with van der Waals surface area (Å²) < 4.78 is 30.1. The molecule has 25 heavy (non-hydrogen) atoms. The Balaban J connectivity index is 0.00000312. The van der Waals surface area contributed by atoms with Crippen molar-refractivity contribution in [1.29, 1.82) is 0 Å². The minimum atomic E-state index is -3.05. The van der Waals surface area contributed by atoms with Crippen LogP contribution in [0.15, 0.2) is 4.99 Å². The van der Waals surface area contributed by atoms with Gasteiger partial charge in [0.1, 0.15) is 0 Å². The summed E-state index contributed by atoms with van der Waals surface area (Å²) in [6.45, 7) is 7.54. The van der Waals surface area contributed by atoms with Gasteiger partial charge in [0, 0.05) is 45.9 Å². The molecule has 2 N–H and O–H groups in total. The Morgan fingerprint density at radius 2 is 1.76 bits per heavy atom. The van der Waals surface area contributed by atoms with Crippen molar-refractivity contribution in [3.8, 4) is 0 Å². The predicted octanol–water partition coefficient (Wildman–Crippen LogP) is 1.26. The van der Waals surface area contributed by atoms with Crippen molar-refractivity contribution in [3.05, 3.63) is 0 Å². The van der Waals surface area contributed by atoms with Crippen molar-refractivity contribution in [2.24, 2.45) is 16.8 Å². The summed E-state index contributed by atoms with van der Waals surface area (Å²) in [6.07, 6.45) is 5.27. The van der Waals surface area contributed by atoms with Gasteiger partial charge in [0.15, 0.2) is 5.96 Å². The molecule has 0 bridgehead atoms. The average Bonchev–Trinajstić information content (AvgIpc) is 2.58. The van der Waals surface area contributed by atoms with Crippen LogP contribution in [0.4, 0.5) is 0 Å². The fourth-order valence-electron chi connectivity index (χ4n) is 3.18. The fourth-order valence-corrected chi connectivity index (χ4v) is 4.05. The van der Waals surface area contributed by atoms with Crippen LogP contribution in [0, 0.1) is 11.8 Å². The molecule has 0 atom stereocenters. The zero-order valence-corrected chi connectivity index (χ0v) is 18.5. The second-order valence-corrected chi connectivity index (χ2v) is 8.74. The average molecular weight is 488 g/mol. The lowest BCUT2D eigenvalue weighted by atomic mass is 9.98. The van der Waals surface area contributed by atoms with Gasteiger partial charge in [-0.2, -0.15) is 0 Å². The molecule has 2 aliphatic heterocycles. The molecule has 2 aliphatic rings. The van der Waals surface area contributed by atoms with Gasteiger partial charge in [-0.15, -0.1) is 24.0 Å². The highest BCUT2D eigenvalue weighted by Gasteiger charge is 2.24. The van der Waals surface area contributed by atoms with Crippen LogP contribution < -0.4 is 10.6 Å². The highest BCUT2D eigenvalue weighted by Crippen LogP contribution is 2.19. The summed E-state index contributed by atoms with van der Waals surface area (Å²) in [6, 6.07) is 0. The van der Waals surface area contributed by atoms with Gasteiger partial charge in [0.25, 0.3) is 0 Å². The SMILES string of the molecule is CCNC(=NCC1CCN(S(C)(=O)=O)CC1)NCC1CCOCC1.I. The number of nitrogens with one attached hydrogen (secondary N) is 2. The fraction of sp³-hybridized carbons (Fsp3) is 0.938. The first-order chi connectivity index (χ1) is 11.5. The summed E-state index contributed by atoms with van der Waals surface area (Å²) in [5, 5.41) is 6.74. The zero-order chi connectivity index (χ0) is 17.4. The van der Waals surface area contributed by atoms with E-state index >= 15 is 0 Å². The van der Waals surface area contributed by atoms with Crippen molar-refractivity contribution in [3.63, 3.8) is 0 Å². The van der Waals surface area contributed by atoms with Crippen LogP contribution in [-0.4, -0.2) is 70.9 Å². The molecule has 0 unspecified atom stereocenters. The largest absolute Gasteiger partial charge is 0.381 e. The topological polar surface area (TPSA) is 83.0 Å². The molecule has 0 aromatic rings. The molecule has 0 spiro atoms. The lowest BCUT2D eigenvalue weighted by Gasteiger charge is -2.29. The minimum absolute atomic E-state index is 0. The number of nitrogens with zero attached hydrogens (tertiary/aromatic N) is 2. The molecule has 7 nitrogen and oxygen atoms in total. The second kappa shape index (κ2) is 11.6. The molecule has 2 fully saturated rings.